The minimum Gasteiger partial charge on any atom is -0.331 e. The Morgan fingerprint density at radius 1 is 1.14 bits per heavy atom. The first-order valence-corrected chi connectivity index (χ1v) is 11.8. The second-order valence-corrected chi connectivity index (χ2v) is 9.74. The van der Waals surface area contributed by atoms with Gasteiger partial charge in [-0.2, -0.15) is 0 Å². The number of thioether (sulfide) groups is 1. The minimum absolute atomic E-state index is 0.0129. The van der Waals surface area contributed by atoms with E-state index in [1.807, 2.05) is 31.2 Å². The summed E-state index contributed by atoms with van der Waals surface area (Å²) in [5.74, 6) is -0.639. The summed E-state index contributed by atoms with van der Waals surface area (Å²) in [6.45, 7) is 2.00. The van der Waals surface area contributed by atoms with E-state index in [0.29, 0.717) is 0 Å². The lowest BCUT2D eigenvalue weighted by atomic mass is 10.1. The van der Waals surface area contributed by atoms with Gasteiger partial charge in [0.2, 0.25) is 11.8 Å². The summed E-state index contributed by atoms with van der Waals surface area (Å²) in [6, 6.07) is 15.5. The van der Waals surface area contributed by atoms with Crippen LogP contribution in [0.2, 0.25) is 0 Å². The van der Waals surface area contributed by atoms with Crippen molar-refractivity contribution in [2.45, 2.75) is 29.0 Å². The summed E-state index contributed by atoms with van der Waals surface area (Å²) in [6.07, 6.45) is 0.807. The van der Waals surface area contributed by atoms with E-state index in [-0.39, 0.29) is 23.1 Å². The molecule has 0 radical (unpaired) electrons. The predicted octanol–water partition coefficient (Wildman–Crippen LogP) is 1.77. The molecule has 3 N–H and O–H groups in total. The molecular formula is C20H23N3O4S2. The lowest BCUT2D eigenvalue weighted by Crippen LogP contribution is -2.59. The van der Waals surface area contributed by atoms with E-state index in [1.165, 1.54) is 23.9 Å². The van der Waals surface area contributed by atoms with E-state index in [2.05, 4.69) is 16.0 Å². The molecule has 1 saturated heterocycles. The van der Waals surface area contributed by atoms with Gasteiger partial charge in [0.05, 0.1) is 10.6 Å². The maximum Gasteiger partial charge on any atom is 0.241 e. The third kappa shape index (κ3) is 5.17. The standard InChI is InChI=1S/C20H23N3O4S2/c1-2-14-8-6-7-11-16(14)22-18(24)13-28-20-21-12-17(19(25)23-20)29(26,27)15-9-4-3-5-10-15/h3-11,17,20-21H,2,12-13H2,1H3,(H,22,24)(H,23,25). The van der Waals surface area contributed by atoms with Crippen LogP contribution in [-0.2, 0) is 25.8 Å². The molecule has 1 heterocycles. The lowest BCUT2D eigenvalue weighted by Gasteiger charge is -2.29. The van der Waals surface area contributed by atoms with Crippen molar-refractivity contribution in [1.29, 1.82) is 0 Å². The van der Waals surface area contributed by atoms with Crippen LogP contribution in [0.4, 0.5) is 5.69 Å². The number of sulfone groups is 1. The minimum atomic E-state index is -3.78. The Kier molecular flexibility index (Phi) is 6.94. The molecular weight excluding hydrogens is 410 g/mol. The quantitative estimate of drug-likeness (QED) is 0.615. The highest BCUT2D eigenvalue weighted by atomic mass is 32.2. The zero-order chi connectivity index (χ0) is 20.9. The fourth-order valence-electron chi connectivity index (χ4n) is 3.00. The Morgan fingerprint density at radius 3 is 2.52 bits per heavy atom. The van der Waals surface area contributed by atoms with Gasteiger partial charge in [-0.15, -0.1) is 11.8 Å². The van der Waals surface area contributed by atoms with Gasteiger partial charge in [0.15, 0.2) is 15.1 Å². The number of hydrogen-bond acceptors (Lipinski definition) is 6. The van der Waals surface area contributed by atoms with Crippen LogP contribution in [0.25, 0.3) is 0 Å². The number of anilines is 1. The van der Waals surface area contributed by atoms with Crippen LogP contribution < -0.4 is 16.0 Å². The van der Waals surface area contributed by atoms with Gasteiger partial charge >= 0.3 is 0 Å². The summed E-state index contributed by atoms with van der Waals surface area (Å²) in [5, 5.41) is 7.30. The molecule has 0 bridgehead atoms. The van der Waals surface area contributed by atoms with Gasteiger partial charge in [-0.3, -0.25) is 14.9 Å². The fourth-order valence-corrected chi connectivity index (χ4v) is 5.34. The first-order chi connectivity index (χ1) is 13.9. The van der Waals surface area contributed by atoms with Crippen LogP contribution in [0.15, 0.2) is 59.5 Å². The Labute approximate surface area is 174 Å². The number of rotatable bonds is 7. The molecule has 0 spiro atoms. The molecule has 1 aliphatic heterocycles. The van der Waals surface area contributed by atoms with E-state index in [4.69, 9.17) is 0 Å². The van der Waals surface area contributed by atoms with Gasteiger partial charge in [0.25, 0.3) is 0 Å². The van der Waals surface area contributed by atoms with Crippen molar-refractivity contribution in [2.24, 2.45) is 0 Å². The van der Waals surface area contributed by atoms with Crippen molar-refractivity contribution < 1.29 is 18.0 Å². The summed E-state index contributed by atoms with van der Waals surface area (Å²) >= 11 is 1.20. The van der Waals surface area contributed by atoms with Crippen LogP contribution in [0.1, 0.15) is 12.5 Å². The van der Waals surface area contributed by atoms with Gasteiger partial charge in [-0.25, -0.2) is 8.42 Å². The van der Waals surface area contributed by atoms with E-state index in [0.717, 1.165) is 17.7 Å². The number of carbonyl (C=O) groups is 2. The van der Waals surface area contributed by atoms with Gasteiger partial charge in [-0.05, 0) is 30.2 Å². The van der Waals surface area contributed by atoms with Gasteiger partial charge in [0.1, 0.15) is 5.50 Å². The second-order valence-electron chi connectivity index (χ2n) is 6.51. The number of aryl methyl sites for hydroxylation is 1. The predicted molar refractivity (Wildman–Crippen MR) is 114 cm³/mol. The second kappa shape index (κ2) is 9.43. The normalized spacial score (nSPS) is 19.4. The summed E-state index contributed by atoms with van der Waals surface area (Å²) in [7, 11) is -3.78. The van der Waals surface area contributed by atoms with E-state index in [1.54, 1.807) is 18.2 Å². The monoisotopic (exact) mass is 433 g/mol. The molecule has 1 fully saturated rings. The fraction of sp³-hybridized carbons (Fsp3) is 0.300. The van der Waals surface area contributed by atoms with Crippen LogP contribution in [0.5, 0.6) is 0 Å². The number of amides is 2. The molecule has 0 aliphatic carbocycles. The van der Waals surface area contributed by atoms with Crippen LogP contribution in [0.3, 0.4) is 0 Å². The third-order valence-corrected chi connectivity index (χ3v) is 7.66. The first kappa shape index (κ1) is 21.4. The van der Waals surface area contributed by atoms with E-state index < -0.39 is 26.5 Å². The highest BCUT2D eigenvalue weighted by Gasteiger charge is 2.38. The average Bonchev–Trinajstić information content (AvgIpc) is 2.73. The Morgan fingerprint density at radius 2 is 1.83 bits per heavy atom. The molecule has 2 amide bonds. The maximum absolute atomic E-state index is 12.7. The van der Waals surface area contributed by atoms with Gasteiger partial charge in [-0.1, -0.05) is 43.3 Å². The number of benzene rings is 2. The van der Waals surface area contributed by atoms with Crippen molar-refractivity contribution in [3.8, 4) is 0 Å². The first-order valence-electron chi connectivity index (χ1n) is 9.24. The molecule has 2 aromatic carbocycles. The largest absolute Gasteiger partial charge is 0.331 e. The number of carbonyl (C=O) groups excluding carboxylic acids is 2. The number of hydrogen-bond donors (Lipinski definition) is 3. The molecule has 7 nitrogen and oxygen atoms in total. The summed E-state index contributed by atoms with van der Waals surface area (Å²) in [4.78, 5) is 24.8. The van der Waals surface area contributed by atoms with Crippen molar-refractivity contribution >= 4 is 39.1 Å². The molecule has 1 aliphatic rings. The molecule has 29 heavy (non-hydrogen) atoms. The molecule has 2 aromatic rings. The van der Waals surface area contributed by atoms with Crippen molar-refractivity contribution in [1.82, 2.24) is 10.6 Å². The zero-order valence-electron chi connectivity index (χ0n) is 15.9. The number of para-hydroxylation sites is 1. The van der Waals surface area contributed by atoms with Crippen LogP contribution >= 0.6 is 11.8 Å². The third-order valence-electron chi connectivity index (χ3n) is 4.55. The van der Waals surface area contributed by atoms with Gasteiger partial charge < -0.3 is 10.6 Å². The topological polar surface area (TPSA) is 104 Å². The van der Waals surface area contributed by atoms with E-state index in [9.17, 15) is 18.0 Å². The molecule has 3 rings (SSSR count). The highest BCUT2D eigenvalue weighted by molar-refractivity contribution is 8.00. The molecule has 0 saturated carbocycles. The van der Waals surface area contributed by atoms with Gasteiger partial charge in [0, 0.05) is 12.2 Å². The van der Waals surface area contributed by atoms with Crippen LogP contribution in [0, 0.1) is 0 Å². The lowest BCUT2D eigenvalue weighted by molar-refractivity contribution is -0.122. The van der Waals surface area contributed by atoms with Crippen molar-refractivity contribution in [3.05, 3.63) is 60.2 Å². The molecule has 2 atom stereocenters. The van der Waals surface area contributed by atoms with Crippen LogP contribution in [-0.4, -0.2) is 43.3 Å². The van der Waals surface area contributed by atoms with E-state index >= 15 is 0 Å². The zero-order valence-corrected chi connectivity index (χ0v) is 17.6. The SMILES string of the molecule is CCc1ccccc1NC(=O)CSC1NCC(S(=O)(=O)c2ccccc2)C(=O)N1. The highest BCUT2D eigenvalue weighted by Crippen LogP contribution is 2.20. The van der Waals surface area contributed by atoms with Crippen molar-refractivity contribution in [2.75, 3.05) is 17.6 Å². The molecule has 0 aromatic heterocycles. The Hall–Kier alpha value is -2.36. The molecule has 154 valence electrons. The Balaban J connectivity index is 1.54. The molecule has 2 unspecified atom stereocenters. The number of nitrogens with one attached hydrogen (secondary N) is 3. The van der Waals surface area contributed by atoms with Crippen molar-refractivity contribution in [3.63, 3.8) is 0 Å². The summed E-state index contributed by atoms with van der Waals surface area (Å²) in [5.41, 5.74) is 1.29. The average molecular weight is 434 g/mol. The molecule has 9 heteroatoms. The summed E-state index contributed by atoms with van der Waals surface area (Å²) < 4.78 is 25.3. The Bertz CT molecular complexity index is 980. The smallest absolute Gasteiger partial charge is 0.241 e. The maximum atomic E-state index is 12.7.